The van der Waals surface area contributed by atoms with Crippen LogP contribution >= 0.6 is 0 Å². The predicted molar refractivity (Wildman–Crippen MR) is 39.3 cm³/mol. The molecule has 58 valence electrons. The van der Waals surface area contributed by atoms with Crippen LogP contribution in [0.25, 0.3) is 0 Å². The maximum Gasteiger partial charge on any atom is 0.0459 e. The van der Waals surface area contributed by atoms with Crippen molar-refractivity contribution in [1.29, 1.82) is 0 Å². The molecule has 0 aromatic carbocycles. The Kier molecular flexibility index (Phi) is 14.0. The van der Waals surface area contributed by atoms with Crippen molar-refractivity contribution in [3.8, 4) is 0 Å². The third-order valence-corrected chi connectivity index (χ3v) is 1.41. The Labute approximate surface area is 57.5 Å². The zero-order valence-electron chi connectivity index (χ0n) is 6.59. The van der Waals surface area contributed by atoms with Crippen molar-refractivity contribution >= 4 is 0 Å². The fourth-order valence-corrected chi connectivity index (χ4v) is 0.547. The number of rotatable bonds is 3. The number of hydrogen-bond acceptors (Lipinski definition) is 2. The van der Waals surface area contributed by atoms with Crippen molar-refractivity contribution in [2.45, 2.75) is 26.7 Å². The molecule has 0 saturated heterocycles. The zero-order chi connectivity index (χ0) is 7.70. The molecule has 2 heteroatoms. The van der Waals surface area contributed by atoms with E-state index in [1.807, 2.05) is 0 Å². The SMILES string of the molecule is CCC(CC)CO.CO. The van der Waals surface area contributed by atoms with Crippen molar-refractivity contribution in [3.63, 3.8) is 0 Å². The van der Waals surface area contributed by atoms with Gasteiger partial charge in [0, 0.05) is 13.7 Å². The first kappa shape index (κ1) is 11.7. The summed E-state index contributed by atoms with van der Waals surface area (Å²) in [7, 11) is 1.00. The molecule has 0 fully saturated rings. The largest absolute Gasteiger partial charge is 0.400 e. The number of aliphatic hydroxyl groups excluding tert-OH is 2. The predicted octanol–water partition coefficient (Wildman–Crippen LogP) is 1.02. The molecule has 0 amide bonds. The van der Waals surface area contributed by atoms with E-state index in [0.717, 1.165) is 20.0 Å². The molecule has 0 saturated carbocycles. The molecule has 0 aliphatic rings. The average Bonchev–Trinajstić information content (AvgIpc) is 1.96. The molecule has 0 heterocycles. The normalized spacial score (nSPS) is 8.67. The molecule has 0 aliphatic heterocycles. The fraction of sp³-hybridized carbons (Fsp3) is 1.00. The van der Waals surface area contributed by atoms with Gasteiger partial charge in [0.1, 0.15) is 0 Å². The Bertz CT molecular complexity index is 28.4. The number of aliphatic hydroxyl groups is 2. The smallest absolute Gasteiger partial charge is 0.0459 e. The summed E-state index contributed by atoms with van der Waals surface area (Å²) in [5.41, 5.74) is 0. The van der Waals surface area contributed by atoms with Crippen LogP contribution in [-0.4, -0.2) is 23.9 Å². The Morgan fingerprint density at radius 3 is 1.44 bits per heavy atom. The van der Waals surface area contributed by atoms with Gasteiger partial charge in [0.05, 0.1) is 0 Å². The van der Waals surface area contributed by atoms with Crippen LogP contribution < -0.4 is 0 Å². The van der Waals surface area contributed by atoms with Gasteiger partial charge in [0.2, 0.25) is 0 Å². The molecule has 0 aromatic heterocycles. The molecule has 0 radical (unpaired) electrons. The summed E-state index contributed by atoms with van der Waals surface area (Å²) in [6.45, 7) is 4.56. The summed E-state index contributed by atoms with van der Waals surface area (Å²) in [5.74, 6) is 0.542. The minimum Gasteiger partial charge on any atom is -0.400 e. The lowest BCUT2D eigenvalue weighted by Crippen LogP contribution is -2.01. The molecule has 0 unspecified atom stereocenters. The van der Waals surface area contributed by atoms with Gasteiger partial charge in [-0.3, -0.25) is 0 Å². The molecule has 0 aliphatic carbocycles. The quantitative estimate of drug-likeness (QED) is 0.605. The lowest BCUT2D eigenvalue weighted by Gasteiger charge is -2.04. The average molecular weight is 134 g/mol. The van der Waals surface area contributed by atoms with Crippen molar-refractivity contribution < 1.29 is 10.2 Å². The summed E-state index contributed by atoms with van der Waals surface area (Å²) < 4.78 is 0. The van der Waals surface area contributed by atoms with Crippen molar-refractivity contribution in [1.82, 2.24) is 0 Å². The molecular formula is C7H18O2. The Morgan fingerprint density at radius 2 is 1.44 bits per heavy atom. The fourth-order valence-electron chi connectivity index (χ4n) is 0.547. The van der Waals surface area contributed by atoms with E-state index in [1.165, 1.54) is 0 Å². The van der Waals surface area contributed by atoms with Gasteiger partial charge in [-0.25, -0.2) is 0 Å². The number of hydrogen-bond donors (Lipinski definition) is 2. The van der Waals surface area contributed by atoms with Gasteiger partial charge in [-0.05, 0) is 5.92 Å². The maximum absolute atomic E-state index is 8.53. The second-order valence-electron chi connectivity index (χ2n) is 1.87. The summed E-state index contributed by atoms with van der Waals surface area (Å²) in [5, 5.41) is 15.5. The molecule has 9 heavy (non-hydrogen) atoms. The third kappa shape index (κ3) is 7.92. The lowest BCUT2D eigenvalue weighted by atomic mass is 10.1. The van der Waals surface area contributed by atoms with Crippen molar-refractivity contribution in [2.24, 2.45) is 5.92 Å². The monoisotopic (exact) mass is 134 g/mol. The Morgan fingerprint density at radius 1 is 1.11 bits per heavy atom. The summed E-state index contributed by atoms with van der Waals surface area (Å²) in [6.07, 6.45) is 2.21. The van der Waals surface area contributed by atoms with E-state index in [9.17, 15) is 0 Å². The van der Waals surface area contributed by atoms with Crippen LogP contribution in [0.3, 0.4) is 0 Å². The van der Waals surface area contributed by atoms with Crippen LogP contribution in [0.2, 0.25) is 0 Å². The van der Waals surface area contributed by atoms with Gasteiger partial charge in [-0.1, -0.05) is 26.7 Å². The second kappa shape index (κ2) is 10.8. The molecule has 0 spiro atoms. The topological polar surface area (TPSA) is 40.5 Å². The van der Waals surface area contributed by atoms with E-state index in [1.54, 1.807) is 0 Å². The molecule has 2 nitrogen and oxygen atoms in total. The second-order valence-corrected chi connectivity index (χ2v) is 1.87. The van der Waals surface area contributed by atoms with Crippen LogP contribution in [0.1, 0.15) is 26.7 Å². The van der Waals surface area contributed by atoms with Gasteiger partial charge in [-0.15, -0.1) is 0 Å². The van der Waals surface area contributed by atoms with Crippen LogP contribution in [0.15, 0.2) is 0 Å². The maximum atomic E-state index is 8.53. The minimum absolute atomic E-state index is 0.354. The van der Waals surface area contributed by atoms with Crippen LogP contribution in [-0.2, 0) is 0 Å². The molecule has 0 rings (SSSR count). The minimum atomic E-state index is 0.354. The van der Waals surface area contributed by atoms with Gasteiger partial charge in [-0.2, -0.15) is 0 Å². The molecule has 0 atom stereocenters. The van der Waals surface area contributed by atoms with Gasteiger partial charge < -0.3 is 10.2 Å². The van der Waals surface area contributed by atoms with E-state index >= 15 is 0 Å². The van der Waals surface area contributed by atoms with Gasteiger partial charge in [0.15, 0.2) is 0 Å². The van der Waals surface area contributed by atoms with E-state index in [-0.39, 0.29) is 0 Å². The Balaban J connectivity index is 0. The highest BCUT2D eigenvalue weighted by molar-refractivity contribution is 4.48. The molecule has 2 N–H and O–H groups in total. The molecular weight excluding hydrogens is 116 g/mol. The Hall–Kier alpha value is -0.0800. The van der Waals surface area contributed by atoms with Crippen molar-refractivity contribution in [2.75, 3.05) is 13.7 Å². The molecule has 0 aromatic rings. The van der Waals surface area contributed by atoms with E-state index in [4.69, 9.17) is 10.2 Å². The van der Waals surface area contributed by atoms with E-state index < -0.39 is 0 Å². The highest BCUT2D eigenvalue weighted by atomic mass is 16.3. The highest BCUT2D eigenvalue weighted by Gasteiger charge is 1.97. The van der Waals surface area contributed by atoms with E-state index in [2.05, 4.69) is 13.8 Å². The zero-order valence-corrected chi connectivity index (χ0v) is 6.59. The summed E-state index contributed by atoms with van der Waals surface area (Å²) in [4.78, 5) is 0. The first-order valence-electron chi connectivity index (χ1n) is 3.40. The first-order valence-corrected chi connectivity index (χ1v) is 3.40. The van der Waals surface area contributed by atoms with Crippen LogP contribution in [0, 0.1) is 5.92 Å². The van der Waals surface area contributed by atoms with E-state index in [0.29, 0.717) is 12.5 Å². The van der Waals surface area contributed by atoms with Gasteiger partial charge >= 0.3 is 0 Å². The first-order chi connectivity index (χ1) is 4.35. The summed E-state index contributed by atoms with van der Waals surface area (Å²) in [6, 6.07) is 0. The van der Waals surface area contributed by atoms with Crippen LogP contribution in [0.5, 0.6) is 0 Å². The third-order valence-electron chi connectivity index (χ3n) is 1.41. The van der Waals surface area contributed by atoms with Crippen molar-refractivity contribution in [3.05, 3.63) is 0 Å². The van der Waals surface area contributed by atoms with Gasteiger partial charge in [0.25, 0.3) is 0 Å². The summed E-state index contributed by atoms with van der Waals surface area (Å²) >= 11 is 0. The highest BCUT2D eigenvalue weighted by Crippen LogP contribution is 2.03. The molecule has 0 bridgehead atoms. The lowest BCUT2D eigenvalue weighted by molar-refractivity contribution is 0.219. The van der Waals surface area contributed by atoms with Crippen LogP contribution in [0.4, 0.5) is 0 Å². The standard InChI is InChI=1S/C6H14O.CH4O/c1-3-6(4-2)5-7;1-2/h6-7H,3-5H2,1-2H3;2H,1H3.